The van der Waals surface area contributed by atoms with Crippen molar-refractivity contribution in [3.05, 3.63) is 76.3 Å². The van der Waals surface area contributed by atoms with Crippen LogP contribution < -0.4 is 11.1 Å². The molecule has 0 bridgehead atoms. The number of thiophene rings is 1. The van der Waals surface area contributed by atoms with Gasteiger partial charge >= 0.3 is 0 Å². The highest BCUT2D eigenvalue weighted by Gasteiger charge is 2.27. The number of hydrogen-bond donors (Lipinski definition) is 2. The summed E-state index contributed by atoms with van der Waals surface area (Å²) in [7, 11) is 1.80. The van der Waals surface area contributed by atoms with Crippen molar-refractivity contribution in [1.29, 1.82) is 0 Å². The molecule has 1 aromatic carbocycles. The zero-order valence-electron chi connectivity index (χ0n) is 23.6. The molecule has 3 N–H and O–H groups in total. The molecule has 0 unspecified atom stereocenters. The van der Waals surface area contributed by atoms with Crippen LogP contribution in [0, 0.1) is 13.8 Å². The van der Waals surface area contributed by atoms with Gasteiger partial charge in [-0.3, -0.25) is 19.0 Å². The quantitative estimate of drug-likeness (QED) is 0.230. The lowest BCUT2D eigenvalue weighted by molar-refractivity contribution is 0.100. The van der Waals surface area contributed by atoms with Gasteiger partial charge in [-0.2, -0.15) is 10.2 Å². The number of benzene rings is 1. The predicted molar refractivity (Wildman–Crippen MR) is 161 cm³/mol. The van der Waals surface area contributed by atoms with Crippen molar-refractivity contribution in [3.63, 3.8) is 0 Å². The number of aryl methyl sites for hydroxylation is 3. The molecule has 0 aliphatic rings. The minimum Gasteiger partial charge on any atom is -0.365 e. The molecular weight excluding hydrogens is 574 g/mol. The molecule has 0 radical (unpaired) electrons. The Kier molecular flexibility index (Phi) is 6.97. The third-order valence-electron chi connectivity index (χ3n) is 7.31. The molecule has 10 nitrogen and oxygen atoms in total. The summed E-state index contributed by atoms with van der Waals surface area (Å²) in [6.45, 7) is 6.16. The van der Waals surface area contributed by atoms with Crippen LogP contribution >= 0.6 is 11.3 Å². The van der Waals surface area contributed by atoms with Crippen molar-refractivity contribution in [1.82, 2.24) is 29.5 Å². The maximum atomic E-state index is 14.1. The number of para-hydroxylation sites is 1. The second-order valence-electron chi connectivity index (χ2n) is 10.0. The van der Waals surface area contributed by atoms with Gasteiger partial charge in [-0.15, -0.1) is 11.3 Å². The first-order chi connectivity index (χ1) is 20.6. The summed E-state index contributed by atoms with van der Waals surface area (Å²) in [5, 5.41) is 12.6. The second kappa shape index (κ2) is 10.7. The number of pyridine rings is 2. The van der Waals surface area contributed by atoms with Gasteiger partial charge in [0, 0.05) is 47.4 Å². The number of alkyl halides is 2. The van der Waals surface area contributed by atoms with Crippen LogP contribution in [0.2, 0.25) is 0 Å². The maximum absolute atomic E-state index is 14.1. The van der Waals surface area contributed by atoms with E-state index in [2.05, 4.69) is 20.5 Å². The Hall–Kier alpha value is -5.04. The average molecular weight is 601 g/mol. The van der Waals surface area contributed by atoms with E-state index in [0.717, 1.165) is 28.3 Å². The Morgan fingerprint density at radius 1 is 1.09 bits per heavy atom. The summed E-state index contributed by atoms with van der Waals surface area (Å²) in [4.78, 5) is 35.8. The minimum atomic E-state index is -2.86. The molecule has 0 saturated heterocycles. The van der Waals surface area contributed by atoms with Crippen molar-refractivity contribution in [2.45, 2.75) is 33.7 Å². The van der Waals surface area contributed by atoms with Gasteiger partial charge in [-0.05, 0) is 44.5 Å². The van der Waals surface area contributed by atoms with Gasteiger partial charge in [0.2, 0.25) is 0 Å². The highest BCUT2D eigenvalue weighted by molar-refractivity contribution is 7.21. The second-order valence-corrected chi connectivity index (χ2v) is 11.0. The summed E-state index contributed by atoms with van der Waals surface area (Å²) < 4.78 is 31.3. The van der Waals surface area contributed by atoms with Crippen molar-refractivity contribution in [2.24, 2.45) is 12.8 Å². The third kappa shape index (κ3) is 4.80. The van der Waals surface area contributed by atoms with Crippen LogP contribution in [0.1, 0.15) is 50.5 Å². The lowest BCUT2D eigenvalue weighted by Crippen LogP contribution is -2.17. The number of hydrogen-bond acceptors (Lipinski definition) is 7. The van der Waals surface area contributed by atoms with Crippen molar-refractivity contribution < 1.29 is 18.4 Å². The highest BCUT2D eigenvalue weighted by Crippen LogP contribution is 2.43. The zero-order chi connectivity index (χ0) is 30.6. The molecule has 0 saturated carbocycles. The smallest absolute Gasteiger partial charge is 0.280 e. The summed E-state index contributed by atoms with van der Waals surface area (Å²) in [5.74, 6) is -1.36. The lowest BCUT2D eigenvalue weighted by atomic mass is 10.0. The molecule has 6 aromatic rings. The highest BCUT2D eigenvalue weighted by atomic mass is 32.1. The van der Waals surface area contributed by atoms with E-state index in [4.69, 9.17) is 10.7 Å². The van der Waals surface area contributed by atoms with Crippen LogP contribution in [0.3, 0.4) is 0 Å². The first-order valence-corrected chi connectivity index (χ1v) is 14.2. The van der Waals surface area contributed by atoms with Crippen molar-refractivity contribution >= 4 is 50.0 Å². The van der Waals surface area contributed by atoms with Crippen LogP contribution in [0.5, 0.6) is 0 Å². The number of aromatic nitrogens is 6. The van der Waals surface area contributed by atoms with Crippen LogP contribution in [0.15, 0.2) is 48.8 Å². The van der Waals surface area contributed by atoms with E-state index in [0.29, 0.717) is 45.2 Å². The van der Waals surface area contributed by atoms with E-state index in [1.807, 2.05) is 33.0 Å². The molecule has 13 heteroatoms. The fraction of sp³-hybridized carbons (Fsp3) is 0.200. The number of carbonyl (C=O) groups is 2. The Balaban J connectivity index is 1.57. The number of primary amides is 1. The van der Waals surface area contributed by atoms with Crippen molar-refractivity contribution in [3.8, 4) is 22.4 Å². The number of carbonyl (C=O) groups excluding carboxylic acids is 2. The van der Waals surface area contributed by atoms with Gasteiger partial charge in [0.15, 0.2) is 0 Å². The number of anilines is 1. The molecule has 6 rings (SSSR count). The third-order valence-corrected chi connectivity index (χ3v) is 8.41. The number of rotatable bonds is 7. The number of nitrogens with one attached hydrogen (secondary N) is 1. The molecule has 5 heterocycles. The molecule has 43 heavy (non-hydrogen) atoms. The molecule has 0 spiro atoms. The topological polar surface area (TPSA) is 134 Å². The van der Waals surface area contributed by atoms with Crippen LogP contribution in [-0.2, 0) is 13.6 Å². The molecule has 5 aromatic heterocycles. The largest absolute Gasteiger partial charge is 0.365 e. The Bertz CT molecular complexity index is 2080. The lowest BCUT2D eigenvalue weighted by Gasteiger charge is -2.13. The standard InChI is InChI=1S/C30H26F2N8O2S/c1-5-40-15(3)19(12-34-40)17-10-23(27(31)32)36-30-24(17)25(26(43-30)28(33)41)37-29(42)18-11-22(20-13-39(4)38-14(20)2)35-21-9-7-6-8-16(18)21/h6-13,27H,5H2,1-4H3,(H2,33,41)(H,37,42). The van der Waals surface area contributed by atoms with E-state index in [-0.39, 0.29) is 15.4 Å². The SMILES string of the molecule is CCn1ncc(-c2cc(C(F)F)nc3sc(C(N)=O)c(NC(=O)c4cc(-c5cn(C)nc5C)nc5ccccc45)c23)c1C. The predicted octanol–water partition coefficient (Wildman–Crippen LogP) is 6.03. The van der Waals surface area contributed by atoms with Gasteiger partial charge < -0.3 is 11.1 Å². The van der Waals surface area contributed by atoms with Gasteiger partial charge in [0.25, 0.3) is 18.2 Å². The van der Waals surface area contributed by atoms with Crippen LogP contribution in [0.25, 0.3) is 43.5 Å². The van der Waals surface area contributed by atoms with E-state index in [9.17, 15) is 18.4 Å². The number of nitrogens with two attached hydrogens (primary N) is 1. The van der Waals surface area contributed by atoms with Gasteiger partial charge in [0.05, 0.1) is 34.4 Å². The van der Waals surface area contributed by atoms with Gasteiger partial charge in [-0.25, -0.2) is 18.7 Å². The molecule has 2 amide bonds. The molecule has 218 valence electrons. The van der Waals surface area contributed by atoms with Gasteiger partial charge in [-0.1, -0.05) is 18.2 Å². The van der Waals surface area contributed by atoms with E-state index in [1.165, 1.54) is 6.07 Å². The minimum absolute atomic E-state index is 0.00857. The van der Waals surface area contributed by atoms with Crippen molar-refractivity contribution in [2.75, 3.05) is 5.32 Å². The fourth-order valence-electron chi connectivity index (χ4n) is 5.30. The first kappa shape index (κ1) is 28.1. The summed E-state index contributed by atoms with van der Waals surface area (Å²) in [6, 6.07) is 10.2. The van der Waals surface area contributed by atoms with E-state index < -0.39 is 23.9 Å². The van der Waals surface area contributed by atoms with Gasteiger partial charge in [0.1, 0.15) is 15.4 Å². The Morgan fingerprint density at radius 3 is 2.51 bits per heavy atom. The summed E-state index contributed by atoms with van der Waals surface area (Å²) in [5.41, 5.74) is 10.00. The molecular formula is C30H26F2N8O2S. The molecule has 0 atom stereocenters. The average Bonchev–Trinajstić information content (AvgIpc) is 3.65. The van der Waals surface area contributed by atoms with E-state index in [1.54, 1.807) is 46.9 Å². The Labute approximate surface area is 248 Å². The summed E-state index contributed by atoms with van der Waals surface area (Å²) >= 11 is 0.852. The summed E-state index contributed by atoms with van der Waals surface area (Å²) in [6.07, 6.45) is 0.539. The molecule has 0 aliphatic carbocycles. The number of fused-ring (bicyclic) bond motifs is 2. The number of nitrogens with zero attached hydrogens (tertiary/aromatic N) is 6. The van der Waals surface area contributed by atoms with Crippen LogP contribution in [-0.4, -0.2) is 41.3 Å². The Morgan fingerprint density at radius 2 is 1.86 bits per heavy atom. The van der Waals surface area contributed by atoms with Crippen LogP contribution in [0.4, 0.5) is 14.5 Å². The number of halogens is 2. The first-order valence-electron chi connectivity index (χ1n) is 13.4. The monoisotopic (exact) mass is 600 g/mol. The van der Waals surface area contributed by atoms with E-state index >= 15 is 0 Å². The zero-order valence-corrected chi connectivity index (χ0v) is 24.5. The maximum Gasteiger partial charge on any atom is 0.280 e. The fourth-order valence-corrected chi connectivity index (χ4v) is 6.31. The number of amides is 2. The molecule has 0 fully saturated rings. The molecule has 0 aliphatic heterocycles. The normalized spacial score (nSPS) is 11.6.